The normalized spacial score (nSPS) is 16.0. The zero-order valence-corrected chi connectivity index (χ0v) is 19.8. The van der Waals surface area contributed by atoms with E-state index >= 15 is 0 Å². The van der Waals surface area contributed by atoms with Crippen molar-refractivity contribution in [2.24, 2.45) is 0 Å². The molecule has 1 N–H and O–H groups in total. The maximum Gasteiger partial charge on any atom is 0.258 e. The molecule has 0 saturated carbocycles. The molecule has 0 spiro atoms. The van der Waals surface area contributed by atoms with Gasteiger partial charge in [-0.15, -0.1) is 0 Å². The van der Waals surface area contributed by atoms with Crippen molar-refractivity contribution in [1.82, 2.24) is 9.88 Å². The van der Waals surface area contributed by atoms with Crippen LogP contribution in [0.2, 0.25) is 0 Å². The number of hydrogen-bond donors (Lipinski definition) is 1. The summed E-state index contributed by atoms with van der Waals surface area (Å²) in [7, 11) is 6.49. The lowest BCUT2D eigenvalue weighted by molar-refractivity contribution is 0.356. The van der Waals surface area contributed by atoms with Crippen LogP contribution in [0.5, 0.6) is 23.0 Å². The van der Waals surface area contributed by atoms with Gasteiger partial charge in [0.15, 0.2) is 11.5 Å². The number of piperazine rings is 1. The third-order valence-electron chi connectivity index (χ3n) is 6.20. The number of pyridine rings is 1. The number of nitrogens with one attached hydrogen (secondary N) is 1. The summed E-state index contributed by atoms with van der Waals surface area (Å²) in [6.45, 7) is 4.88. The number of nitrogens with zero attached hydrogens (tertiary/aromatic N) is 2. The van der Waals surface area contributed by atoms with Gasteiger partial charge in [0.1, 0.15) is 11.5 Å². The second kappa shape index (κ2) is 9.62. The van der Waals surface area contributed by atoms with E-state index in [0.717, 1.165) is 47.8 Å². The lowest BCUT2D eigenvalue weighted by Gasteiger charge is -2.36. The van der Waals surface area contributed by atoms with E-state index in [-0.39, 0.29) is 11.6 Å². The molecule has 2 heterocycles. The first-order chi connectivity index (χ1) is 16.0. The van der Waals surface area contributed by atoms with E-state index in [1.165, 1.54) is 0 Å². The fourth-order valence-electron chi connectivity index (χ4n) is 4.41. The Hall–Kier alpha value is -3.39. The fourth-order valence-corrected chi connectivity index (χ4v) is 4.41. The average Bonchev–Trinajstić information content (AvgIpc) is 2.87. The Morgan fingerprint density at radius 2 is 1.55 bits per heavy atom. The number of hydrogen-bond acceptors (Lipinski definition) is 7. The quantitative estimate of drug-likeness (QED) is 0.589. The molecule has 8 nitrogen and oxygen atoms in total. The van der Waals surface area contributed by atoms with Crippen molar-refractivity contribution in [2.45, 2.75) is 19.5 Å². The van der Waals surface area contributed by atoms with Crippen LogP contribution < -0.4 is 34.7 Å². The minimum atomic E-state index is -0.0404. The number of anilines is 1. The first-order valence-electron chi connectivity index (χ1n) is 11.0. The molecule has 1 saturated heterocycles. The molecule has 0 radical (unpaired) electrons. The zero-order valence-electron chi connectivity index (χ0n) is 19.8. The van der Waals surface area contributed by atoms with Crippen molar-refractivity contribution in [3.63, 3.8) is 0 Å². The van der Waals surface area contributed by atoms with E-state index in [1.54, 1.807) is 39.1 Å². The Balaban J connectivity index is 1.80. The highest BCUT2D eigenvalue weighted by atomic mass is 16.5. The molecule has 0 amide bonds. The molecular formula is C25H31N3O5. The van der Waals surface area contributed by atoms with Crippen LogP contribution in [-0.4, -0.2) is 52.6 Å². The molecule has 8 heteroatoms. The van der Waals surface area contributed by atoms with E-state index < -0.39 is 0 Å². The van der Waals surface area contributed by atoms with Crippen LogP contribution in [0.25, 0.3) is 10.8 Å². The van der Waals surface area contributed by atoms with Gasteiger partial charge in [0.2, 0.25) is 0 Å². The highest BCUT2D eigenvalue weighted by molar-refractivity contribution is 5.95. The van der Waals surface area contributed by atoms with Gasteiger partial charge in [-0.25, -0.2) is 0 Å². The Morgan fingerprint density at radius 1 is 0.909 bits per heavy atom. The van der Waals surface area contributed by atoms with Crippen LogP contribution in [0.1, 0.15) is 18.5 Å². The van der Waals surface area contributed by atoms with Crippen molar-refractivity contribution < 1.29 is 18.9 Å². The fraction of sp³-hybridized carbons (Fsp3) is 0.400. The monoisotopic (exact) mass is 453 g/mol. The number of methoxy groups -OCH3 is 4. The smallest absolute Gasteiger partial charge is 0.258 e. The predicted octanol–water partition coefficient (Wildman–Crippen LogP) is 3.21. The average molecular weight is 454 g/mol. The van der Waals surface area contributed by atoms with Gasteiger partial charge in [0.25, 0.3) is 5.56 Å². The number of aromatic nitrogens is 1. The summed E-state index contributed by atoms with van der Waals surface area (Å²) in [5.41, 5.74) is 2.04. The highest BCUT2D eigenvalue weighted by Crippen LogP contribution is 2.36. The van der Waals surface area contributed by atoms with E-state index in [2.05, 4.69) is 10.2 Å². The van der Waals surface area contributed by atoms with Crippen molar-refractivity contribution in [2.75, 3.05) is 53.0 Å². The van der Waals surface area contributed by atoms with Crippen molar-refractivity contribution in [1.29, 1.82) is 0 Å². The summed E-state index contributed by atoms with van der Waals surface area (Å²) < 4.78 is 23.7. The number of rotatable bonds is 7. The van der Waals surface area contributed by atoms with Gasteiger partial charge in [-0.1, -0.05) is 0 Å². The SMILES string of the molecule is CCn1cc(N2CCN[C@H](c3cc(OC)cc(OC)c3)C2)c2cc(OC)c(OC)cc2c1=O. The summed E-state index contributed by atoms with van der Waals surface area (Å²) in [5, 5.41) is 5.07. The first kappa shape index (κ1) is 22.8. The lowest BCUT2D eigenvalue weighted by Crippen LogP contribution is -2.46. The minimum Gasteiger partial charge on any atom is -0.497 e. The van der Waals surface area contributed by atoms with Gasteiger partial charge in [-0.3, -0.25) is 4.79 Å². The van der Waals surface area contributed by atoms with Crippen LogP contribution in [0.4, 0.5) is 5.69 Å². The van der Waals surface area contributed by atoms with E-state index in [1.807, 2.05) is 37.4 Å². The number of fused-ring (bicyclic) bond motifs is 1. The number of ether oxygens (including phenoxy) is 4. The summed E-state index contributed by atoms with van der Waals surface area (Å²) in [6.07, 6.45) is 1.95. The number of benzene rings is 2. The minimum absolute atomic E-state index is 0.0404. The lowest BCUT2D eigenvalue weighted by atomic mass is 10.0. The molecule has 0 unspecified atom stereocenters. The molecule has 1 aromatic heterocycles. The Morgan fingerprint density at radius 3 is 2.12 bits per heavy atom. The van der Waals surface area contributed by atoms with Gasteiger partial charge >= 0.3 is 0 Å². The van der Waals surface area contributed by atoms with Crippen LogP contribution in [-0.2, 0) is 6.54 Å². The first-order valence-corrected chi connectivity index (χ1v) is 11.0. The van der Waals surface area contributed by atoms with Gasteiger partial charge in [0.05, 0.1) is 45.6 Å². The third-order valence-corrected chi connectivity index (χ3v) is 6.20. The summed E-state index contributed by atoms with van der Waals surface area (Å²) in [6, 6.07) is 9.68. The zero-order chi connectivity index (χ0) is 23.5. The molecule has 0 aliphatic carbocycles. The molecule has 0 bridgehead atoms. The summed E-state index contributed by atoms with van der Waals surface area (Å²) in [4.78, 5) is 15.4. The van der Waals surface area contributed by atoms with Crippen molar-refractivity contribution in [3.8, 4) is 23.0 Å². The standard InChI is InChI=1S/C25H31N3O5/c1-6-27-15-22(19-12-23(32-4)24(33-5)13-20(19)25(27)29)28-8-7-26-21(14-28)16-9-17(30-2)11-18(10-16)31-3/h9-13,15,21,26H,6-8,14H2,1-5H3/t21-/m0/s1. The van der Waals surface area contributed by atoms with Crippen LogP contribution >= 0.6 is 0 Å². The molecule has 1 atom stereocenters. The molecule has 33 heavy (non-hydrogen) atoms. The topological polar surface area (TPSA) is 74.2 Å². The van der Waals surface area contributed by atoms with Gasteiger partial charge in [-0.05, 0) is 36.8 Å². The Kier molecular flexibility index (Phi) is 6.65. The molecule has 2 aromatic carbocycles. The van der Waals surface area contributed by atoms with E-state index in [9.17, 15) is 4.79 Å². The van der Waals surface area contributed by atoms with Crippen molar-refractivity contribution in [3.05, 3.63) is 52.4 Å². The van der Waals surface area contributed by atoms with Crippen LogP contribution in [0, 0.1) is 0 Å². The number of aryl methyl sites for hydroxylation is 1. The summed E-state index contributed by atoms with van der Waals surface area (Å²) in [5.74, 6) is 2.66. The van der Waals surface area contributed by atoms with Crippen molar-refractivity contribution >= 4 is 16.5 Å². The van der Waals surface area contributed by atoms with Gasteiger partial charge in [-0.2, -0.15) is 0 Å². The second-order valence-electron chi connectivity index (χ2n) is 7.96. The van der Waals surface area contributed by atoms with Crippen LogP contribution in [0.15, 0.2) is 41.3 Å². The molecule has 1 aliphatic rings. The van der Waals surface area contributed by atoms with E-state index in [4.69, 9.17) is 18.9 Å². The molecule has 4 rings (SSSR count). The summed E-state index contributed by atoms with van der Waals surface area (Å²) >= 11 is 0. The maximum absolute atomic E-state index is 13.1. The maximum atomic E-state index is 13.1. The second-order valence-corrected chi connectivity index (χ2v) is 7.96. The highest BCUT2D eigenvalue weighted by Gasteiger charge is 2.25. The van der Waals surface area contributed by atoms with Gasteiger partial charge < -0.3 is 33.7 Å². The Bertz CT molecular complexity index is 1180. The van der Waals surface area contributed by atoms with E-state index in [0.29, 0.717) is 23.4 Å². The molecular weight excluding hydrogens is 422 g/mol. The molecule has 1 aliphatic heterocycles. The predicted molar refractivity (Wildman–Crippen MR) is 129 cm³/mol. The third kappa shape index (κ3) is 4.30. The largest absolute Gasteiger partial charge is 0.497 e. The molecule has 1 fully saturated rings. The Labute approximate surface area is 193 Å². The molecule has 3 aromatic rings. The molecule has 176 valence electrons. The van der Waals surface area contributed by atoms with Gasteiger partial charge in [0, 0.05) is 43.8 Å². The van der Waals surface area contributed by atoms with Crippen LogP contribution in [0.3, 0.4) is 0 Å².